The highest BCUT2D eigenvalue weighted by Gasteiger charge is 2.35. The van der Waals surface area contributed by atoms with Crippen molar-refractivity contribution in [3.8, 4) is 5.75 Å². The zero-order valence-electron chi connectivity index (χ0n) is 15.2. The summed E-state index contributed by atoms with van der Waals surface area (Å²) < 4.78 is 5.76. The highest BCUT2D eigenvalue weighted by atomic mass is 35.5. The maximum Gasteiger partial charge on any atom is 0.226 e. The molecule has 2 fully saturated rings. The first-order valence-corrected chi connectivity index (χ1v) is 9.17. The van der Waals surface area contributed by atoms with Crippen LogP contribution in [0, 0.1) is 11.8 Å². The molecule has 0 spiro atoms. The molecule has 0 bridgehead atoms. The van der Waals surface area contributed by atoms with Crippen LogP contribution >= 0.6 is 24.8 Å². The molecule has 2 aliphatic rings. The Morgan fingerprint density at radius 3 is 2.42 bits per heavy atom. The minimum absolute atomic E-state index is 0. The molecule has 7 heteroatoms. The fraction of sp³-hybridized carbons (Fsp3) is 0.632. The zero-order chi connectivity index (χ0) is 16.8. The number of ether oxygens (including phenoxy) is 1. The predicted molar refractivity (Wildman–Crippen MR) is 109 cm³/mol. The average molecular weight is 404 g/mol. The molecule has 1 aliphatic carbocycles. The number of benzene rings is 1. The van der Waals surface area contributed by atoms with Gasteiger partial charge in [0.15, 0.2) is 0 Å². The fourth-order valence-corrected chi connectivity index (χ4v) is 3.88. The lowest BCUT2D eigenvalue weighted by Gasteiger charge is -2.36. The molecule has 1 heterocycles. The second kappa shape index (κ2) is 11.7. The van der Waals surface area contributed by atoms with Gasteiger partial charge in [0.1, 0.15) is 12.4 Å². The summed E-state index contributed by atoms with van der Waals surface area (Å²) in [5.74, 6) is 1.82. The summed E-state index contributed by atoms with van der Waals surface area (Å²) in [6.07, 6.45) is 3.28. The molecule has 0 radical (unpaired) electrons. The molecule has 1 amide bonds. The summed E-state index contributed by atoms with van der Waals surface area (Å²) in [7, 11) is 0. The lowest BCUT2D eigenvalue weighted by atomic mass is 9.94. The number of carbonyl (C=O) groups is 1. The number of halogens is 2. The van der Waals surface area contributed by atoms with Crippen molar-refractivity contribution in [3.05, 3.63) is 30.3 Å². The van der Waals surface area contributed by atoms with Gasteiger partial charge in [0.05, 0.1) is 0 Å². The van der Waals surface area contributed by atoms with Gasteiger partial charge in [-0.05, 0) is 37.4 Å². The third-order valence-electron chi connectivity index (χ3n) is 5.38. The van der Waals surface area contributed by atoms with Crippen LogP contribution in [0.5, 0.6) is 5.75 Å². The first-order valence-electron chi connectivity index (χ1n) is 9.17. The van der Waals surface area contributed by atoms with Crippen LogP contribution in [0.2, 0.25) is 0 Å². The van der Waals surface area contributed by atoms with E-state index in [0.29, 0.717) is 25.0 Å². The Morgan fingerprint density at radius 1 is 1.08 bits per heavy atom. The van der Waals surface area contributed by atoms with Gasteiger partial charge in [-0.15, -0.1) is 24.8 Å². The minimum Gasteiger partial charge on any atom is -0.492 e. The molecule has 2 N–H and O–H groups in total. The van der Waals surface area contributed by atoms with E-state index in [1.165, 1.54) is 0 Å². The molecule has 1 aliphatic heterocycles. The lowest BCUT2D eigenvalue weighted by Crippen LogP contribution is -2.51. The van der Waals surface area contributed by atoms with E-state index in [2.05, 4.69) is 4.90 Å². The molecule has 5 nitrogen and oxygen atoms in total. The number of piperazine rings is 1. The number of hydrogen-bond acceptors (Lipinski definition) is 4. The molecule has 26 heavy (non-hydrogen) atoms. The number of nitrogens with two attached hydrogens (primary N) is 1. The van der Waals surface area contributed by atoms with Crippen molar-refractivity contribution >= 4 is 30.7 Å². The quantitative estimate of drug-likeness (QED) is 0.791. The standard InChI is InChI=1S/C19H29N3O2.2ClH/c20-15-16-5-4-8-18(16)19(23)22-11-9-21(10-12-22)13-14-24-17-6-2-1-3-7-17;;/h1-3,6-7,16,18H,4-5,8-15,20H2;2*1H/t16-,18-;;/m1../s1. The third-order valence-corrected chi connectivity index (χ3v) is 5.38. The Balaban J connectivity index is 0.00000169. The van der Waals surface area contributed by atoms with Gasteiger partial charge < -0.3 is 15.4 Å². The molecule has 0 aromatic heterocycles. The zero-order valence-corrected chi connectivity index (χ0v) is 16.9. The Morgan fingerprint density at radius 2 is 1.77 bits per heavy atom. The number of rotatable bonds is 6. The summed E-state index contributed by atoms with van der Waals surface area (Å²) >= 11 is 0. The maximum absolute atomic E-state index is 12.7. The molecule has 3 rings (SSSR count). The second-order valence-corrected chi connectivity index (χ2v) is 6.86. The summed E-state index contributed by atoms with van der Waals surface area (Å²) in [6.45, 7) is 5.78. The van der Waals surface area contributed by atoms with E-state index < -0.39 is 0 Å². The predicted octanol–water partition coefficient (Wildman–Crippen LogP) is 2.43. The van der Waals surface area contributed by atoms with Crippen molar-refractivity contribution in [2.45, 2.75) is 19.3 Å². The van der Waals surface area contributed by atoms with Gasteiger partial charge in [-0.1, -0.05) is 24.6 Å². The summed E-state index contributed by atoms with van der Waals surface area (Å²) in [4.78, 5) is 17.1. The van der Waals surface area contributed by atoms with Crippen LogP contribution in [-0.2, 0) is 4.79 Å². The first-order chi connectivity index (χ1) is 11.8. The fourth-order valence-electron chi connectivity index (χ4n) is 3.88. The van der Waals surface area contributed by atoms with Crippen LogP contribution in [0.3, 0.4) is 0 Å². The maximum atomic E-state index is 12.7. The van der Waals surface area contributed by atoms with Gasteiger partial charge in [-0.2, -0.15) is 0 Å². The molecular weight excluding hydrogens is 373 g/mol. The highest BCUT2D eigenvalue weighted by molar-refractivity contribution is 5.85. The SMILES string of the molecule is Cl.Cl.NC[C@H]1CCC[C@H]1C(=O)N1CCN(CCOc2ccccc2)CC1. The minimum atomic E-state index is 0. The monoisotopic (exact) mass is 403 g/mol. The second-order valence-electron chi connectivity index (χ2n) is 6.86. The number of para-hydroxylation sites is 1. The topological polar surface area (TPSA) is 58.8 Å². The van der Waals surface area contributed by atoms with Crippen LogP contribution in [-0.4, -0.2) is 61.6 Å². The summed E-state index contributed by atoms with van der Waals surface area (Å²) in [6, 6.07) is 9.91. The molecule has 1 saturated carbocycles. The number of hydrogen-bond donors (Lipinski definition) is 1. The van der Waals surface area contributed by atoms with E-state index in [-0.39, 0.29) is 30.7 Å². The summed E-state index contributed by atoms with van der Waals surface area (Å²) in [5.41, 5.74) is 5.82. The van der Waals surface area contributed by atoms with Crippen molar-refractivity contribution in [3.63, 3.8) is 0 Å². The summed E-state index contributed by atoms with van der Waals surface area (Å²) in [5, 5.41) is 0. The van der Waals surface area contributed by atoms with Crippen LogP contribution in [0.15, 0.2) is 30.3 Å². The molecule has 148 valence electrons. The van der Waals surface area contributed by atoms with Gasteiger partial charge >= 0.3 is 0 Å². The van der Waals surface area contributed by atoms with E-state index in [0.717, 1.165) is 57.7 Å². The molecule has 2 atom stereocenters. The largest absolute Gasteiger partial charge is 0.492 e. The molecule has 1 aromatic rings. The Labute approximate surface area is 169 Å². The Bertz CT molecular complexity index is 525. The molecular formula is C19H31Cl2N3O2. The van der Waals surface area contributed by atoms with Gasteiger partial charge in [0.2, 0.25) is 5.91 Å². The van der Waals surface area contributed by atoms with Crippen molar-refractivity contribution < 1.29 is 9.53 Å². The van der Waals surface area contributed by atoms with Crippen molar-refractivity contribution in [2.24, 2.45) is 17.6 Å². The van der Waals surface area contributed by atoms with Crippen LogP contribution < -0.4 is 10.5 Å². The van der Waals surface area contributed by atoms with Crippen molar-refractivity contribution in [1.82, 2.24) is 9.80 Å². The van der Waals surface area contributed by atoms with Gasteiger partial charge in [0.25, 0.3) is 0 Å². The Hall–Kier alpha value is -1.01. The normalized spacial score (nSPS) is 23.0. The van der Waals surface area contributed by atoms with Crippen LogP contribution in [0.4, 0.5) is 0 Å². The van der Waals surface area contributed by atoms with Crippen molar-refractivity contribution in [2.75, 3.05) is 45.9 Å². The molecule has 1 aromatic carbocycles. The number of nitrogens with zero attached hydrogens (tertiary/aromatic N) is 2. The van der Waals surface area contributed by atoms with Crippen LogP contribution in [0.1, 0.15) is 19.3 Å². The first kappa shape index (κ1) is 23.0. The van der Waals surface area contributed by atoms with Gasteiger partial charge in [0, 0.05) is 38.6 Å². The average Bonchev–Trinajstić information content (AvgIpc) is 3.11. The smallest absolute Gasteiger partial charge is 0.226 e. The Kier molecular flexibility index (Phi) is 10.3. The van der Waals surface area contributed by atoms with E-state index in [9.17, 15) is 4.79 Å². The lowest BCUT2D eigenvalue weighted by molar-refractivity contribution is -0.138. The number of carbonyl (C=O) groups excluding carboxylic acids is 1. The van der Waals surface area contributed by atoms with Gasteiger partial charge in [-0.3, -0.25) is 9.69 Å². The van der Waals surface area contributed by atoms with E-state index in [1.54, 1.807) is 0 Å². The third kappa shape index (κ3) is 6.02. The van der Waals surface area contributed by atoms with E-state index in [4.69, 9.17) is 10.5 Å². The van der Waals surface area contributed by atoms with E-state index in [1.807, 2.05) is 35.2 Å². The van der Waals surface area contributed by atoms with E-state index >= 15 is 0 Å². The number of amides is 1. The van der Waals surface area contributed by atoms with Crippen LogP contribution in [0.25, 0.3) is 0 Å². The molecule has 0 unspecified atom stereocenters. The molecule has 1 saturated heterocycles. The van der Waals surface area contributed by atoms with Gasteiger partial charge in [-0.25, -0.2) is 0 Å². The highest BCUT2D eigenvalue weighted by Crippen LogP contribution is 2.32. The van der Waals surface area contributed by atoms with Crippen molar-refractivity contribution in [1.29, 1.82) is 0 Å².